The fourth-order valence-corrected chi connectivity index (χ4v) is 1.30. The van der Waals surface area contributed by atoms with E-state index in [2.05, 4.69) is 0 Å². The van der Waals surface area contributed by atoms with Crippen LogP contribution in [0.25, 0.3) is 0 Å². The minimum Gasteiger partial charge on any atom is -0.466 e. The average molecular weight is 262 g/mol. The molecule has 2 unspecified atom stereocenters. The van der Waals surface area contributed by atoms with Gasteiger partial charge in [0, 0.05) is 6.61 Å². The summed E-state index contributed by atoms with van der Waals surface area (Å²) in [5, 5.41) is 0. The number of rotatable bonds is 9. The van der Waals surface area contributed by atoms with E-state index in [1.807, 2.05) is 6.92 Å². The van der Waals surface area contributed by atoms with Crippen LogP contribution in [0.3, 0.4) is 0 Å². The zero-order valence-electron chi connectivity index (χ0n) is 11.4. The van der Waals surface area contributed by atoms with E-state index in [1.54, 1.807) is 20.8 Å². The molecule has 0 saturated carbocycles. The predicted octanol–water partition coefficient (Wildman–Crippen LogP) is 1.27. The van der Waals surface area contributed by atoms with Crippen LogP contribution >= 0.6 is 0 Å². The molecule has 6 nitrogen and oxygen atoms in total. The first-order valence-corrected chi connectivity index (χ1v) is 6.14. The van der Waals surface area contributed by atoms with Gasteiger partial charge in [-0.15, -0.1) is 0 Å². The topological polar surface area (TPSA) is 71.1 Å². The van der Waals surface area contributed by atoms with E-state index in [0.29, 0.717) is 6.61 Å². The molecular weight excluding hydrogens is 240 g/mol. The molecule has 106 valence electrons. The highest BCUT2D eigenvalue weighted by molar-refractivity contribution is 5.81. The second-order valence-corrected chi connectivity index (χ2v) is 3.41. The van der Waals surface area contributed by atoms with Gasteiger partial charge in [-0.3, -0.25) is 4.79 Å². The van der Waals surface area contributed by atoms with Crippen molar-refractivity contribution >= 4 is 11.9 Å². The van der Waals surface area contributed by atoms with Gasteiger partial charge in [0.1, 0.15) is 0 Å². The molecule has 0 bridgehead atoms. The minimum absolute atomic E-state index is 0.177. The van der Waals surface area contributed by atoms with Crippen molar-refractivity contribution in [1.82, 2.24) is 0 Å². The Bertz CT molecular complexity index is 253. The predicted molar refractivity (Wildman–Crippen MR) is 63.8 cm³/mol. The van der Waals surface area contributed by atoms with E-state index in [9.17, 15) is 9.59 Å². The van der Waals surface area contributed by atoms with Crippen LogP contribution < -0.4 is 0 Å². The number of carbonyl (C=O) groups excluding carboxylic acids is 2. The van der Waals surface area contributed by atoms with Gasteiger partial charge in [0.2, 0.25) is 0 Å². The molecule has 0 aromatic rings. The lowest BCUT2D eigenvalue weighted by molar-refractivity contribution is -0.191. The molecule has 0 fully saturated rings. The number of hydrogen-bond acceptors (Lipinski definition) is 6. The lowest BCUT2D eigenvalue weighted by Gasteiger charge is -2.20. The van der Waals surface area contributed by atoms with Crippen molar-refractivity contribution in [1.29, 1.82) is 0 Å². The lowest BCUT2D eigenvalue weighted by atomic mass is 10.2. The Kier molecular flexibility index (Phi) is 9.22. The largest absolute Gasteiger partial charge is 0.466 e. The van der Waals surface area contributed by atoms with Crippen molar-refractivity contribution in [3.63, 3.8) is 0 Å². The molecule has 0 aliphatic carbocycles. The van der Waals surface area contributed by atoms with Crippen LogP contribution in [-0.4, -0.2) is 44.2 Å². The van der Waals surface area contributed by atoms with E-state index in [1.165, 1.54) is 0 Å². The third-order valence-electron chi connectivity index (χ3n) is 1.96. The first-order chi connectivity index (χ1) is 8.54. The lowest BCUT2D eigenvalue weighted by Crippen LogP contribution is -2.33. The molecule has 6 heteroatoms. The van der Waals surface area contributed by atoms with E-state index in [-0.39, 0.29) is 19.6 Å². The van der Waals surface area contributed by atoms with Gasteiger partial charge in [-0.1, -0.05) is 0 Å². The summed E-state index contributed by atoms with van der Waals surface area (Å²) in [7, 11) is 0. The van der Waals surface area contributed by atoms with Crippen molar-refractivity contribution in [2.24, 2.45) is 0 Å². The van der Waals surface area contributed by atoms with Gasteiger partial charge in [0.15, 0.2) is 12.4 Å². The summed E-state index contributed by atoms with van der Waals surface area (Å²) in [6, 6.07) is 0. The first-order valence-electron chi connectivity index (χ1n) is 6.14. The maximum absolute atomic E-state index is 11.6. The van der Waals surface area contributed by atoms with Crippen molar-refractivity contribution in [3.05, 3.63) is 0 Å². The van der Waals surface area contributed by atoms with Crippen LogP contribution in [0.4, 0.5) is 0 Å². The standard InChI is InChI=1S/C12H22O6/c1-5-15-9(4)18-10(12(14)17-7-3)8-11(13)16-6-2/h9-10H,5-8H2,1-4H3. The van der Waals surface area contributed by atoms with Gasteiger partial charge < -0.3 is 18.9 Å². The highest BCUT2D eigenvalue weighted by Crippen LogP contribution is 2.08. The summed E-state index contributed by atoms with van der Waals surface area (Å²) in [6.07, 6.45) is -1.76. The summed E-state index contributed by atoms with van der Waals surface area (Å²) in [5.41, 5.74) is 0. The Morgan fingerprint density at radius 1 is 1.00 bits per heavy atom. The molecule has 0 radical (unpaired) electrons. The van der Waals surface area contributed by atoms with Crippen molar-refractivity contribution in [3.8, 4) is 0 Å². The third-order valence-corrected chi connectivity index (χ3v) is 1.96. The molecule has 0 saturated heterocycles. The summed E-state index contributed by atoms with van der Waals surface area (Å²) in [4.78, 5) is 23.0. The van der Waals surface area contributed by atoms with Gasteiger partial charge in [-0.2, -0.15) is 0 Å². The van der Waals surface area contributed by atoms with Crippen LogP contribution in [0.1, 0.15) is 34.1 Å². The van der Waals surface area contributed by atoms with Gasteiger partial charge in [-0.25, -0.2) is 4.79 Å². The summed E-state index contributed by atoms with van der Waals surface area (Å²) >= 11 is 0. The molecule has 0 aromatic carbocycles. The summed E-state index contributed by atoms with van der Waals surface area (Å²) in [6.45, 7) is 7.79. The maximum atomic E-state index is 11.6. The Hall–Kier alpha value is -1.14. The molecule has 0 heterocycles. The Morgan fingerprint density at radius 2 is 1.61 bits per heavy atom. The number of hydrogen-bond donors (Lipinski definition) is 0. The van der Waals surface area contributed by atoms with Crippen LogP contribution in [0, 0.1) is 0 Å². The van der Waals surface area contributed by atoms with Crippen LogP contribution in [0.15, 0.2) is 0 Å². The van der Waals surface area contributed by atoms with Crippen LogP contribution in [-0.2, 0) is 28.5 Å². The number of ether oxygens (including phenoxy) is 4. The second-order valence-electron chi connectivity index (χ2n) is 3.41. The maximum Gasteiger partial charge on any atom is 0.335 e. The van der Waals surface area contributed by atoms with Gasteiger partial charge in [-0.05, 0) is 27.7 Å². The Morgan fingerprint density at radius 3 is 2.11 bits per heavy atom. The van der Waals surface area contributed by atoms with Gasteiger partial charge >= 0.3 is 11.9 Å². The zero-order chi connectivity index (χ0) is 14.0. The average Bonchev–Trinajstić information content (AvgIpc) is 2.29. The third kappa shape index (κ3) is 7.24. The highest BCUT2D eigenvalue weighted by atomic mass is 16.7. The van der Waals surface area contributed by atoms with E-state index < -0.39 is 24.3 Å². The SMILES string of the molecule is CCOC(=O)CC(OC(C)OCC)C(=O)OCC. The Balaban J connectivity index is 4.41. The fourth-order valence-electron chi connectivity index (χ4n) is 1.30. The van der Waals surface area contributed by atoms with Crippen LogP contribution in [0.5, 0.6) is 0 Å². The van der Waals surface area contributed by atoms with Crippen LogP contribution in [0.2, 0.25) is 0 Å². The minimum atomic E-state index is -0.995. The quantitative estimate of drug-likeness (QED) is 0.460. The molecule has 0 aromatic heterocycles. The molecule has 0 rings (SSSR count). The Labute approximate surface area is 108 Å². The smallest absolute Gasteiger partial charge is 0.335 e. The first kappa shape index (κ1) is 16.9. The monoisotopic (exact) mass is 262 g/mol. The molecule has 2 atom stereocenters. The molecule has 0 spiro atoms. The number of esters is 2. The zero-order valence-corrected chi connectivity index (χ0v) is 11.4. The van der Waals surface area contributed by atoms with E-state index >= 15 is 0 Å². The molecule has 0 aliphatic heterocycles. The second kappa shape index (κ2) is 9.85. The molecule has 0 amide bonds. The molecular formula is C12H22O6. The molecule has 18 heavy (non-hydrogen) atoms. The number of carbonyl (C=O) groups is 2. The van der Waals surface area contributed by atoms with Gasteiger partial charge in [0.25, 0.3) is 0 Å². The summed E-state index contributed by atoms with van der Waals surface area (Å²) < 4.78 is 20.1. The normalized spacial score (nSPS) is 13.8. The van der Waals surface area contributed by atoms with Gasteiger partial charge in [0.05, 0.1) is 19.6 Å². The van der Waals surface area contributed by atoms with E-state index in [4.69, 9.17) is 18.9 Å². The van der Waals surface area contributed by atoms with Crippen molar-refractivity contribution in [2.75, 3.05) is 19.8 Å². The summed E-state index contributed by atoms with van der Waals surface area (Å²) in [5.74, 6) is -1.09. The van der Waals surface area contributed by atoms with Crippen molar-refractivity contribution in [2.45, 2.75) is 46.5 Å². The molecule has 0 aliphatic rings. The van der Waals surface area contributed by atoms with E-state index in [0.717, 1.165) is 0 Å². The highest BCUT2D eigenvalue weighted by Gasteiger charge is 2.26. The molecule has 0 N–H and O–H groups in total. The fraction of sp³-hybridized carbons (Fsp3) is 0.833. The van der Waals surface area contributed by atoms with Crippen molar-refractivity contribution < 1.29 is 28.5 Å².